The van der Waals surface area contributed by atoms with Crippen molar-refractivity contribution in [3.8, 4) is 0 Å². The summed E-state index contributed by atoms with van der Waals surface area (Å²) in [5, 5.41) is 13.3. The number of amides is 2. The summed E-state index contributed by atoms with van der Waals surface area (Å²) < 4.78 is 4.64. The minimum absolute atomic E-state index is 0.0977. The normalized spacial score (nSPS) is 16.6. The molecule has 0 bridgehead atoms. The summed E-state index contributed by atoms with van der Waals surface area (Å²) in [6.45, 7) is 0. The van der Waals surface area contributed by atoms with Crippen molar-refractivity contribution >= 4 is 23.5 Å². The number of aromatic nitrogens is 1. The van der Waals surface area contributed by atoms with Crippen LogP contribution in [0.25, 0.3) is 0 Å². The molecule has 1 aliphatic rings. The van der Waals surface area contributed by atoms with E-state index in [4.69, 9.17) is 10.8 Å². The second-order valence-electron chi connectivity index (χ2n) is 5.12. The molecule has 132 valence electrons. The van der Waals surface area contributed by atoms with Crippen molar-refractivity contribution in [2.75, 3.05) is 19.5 Å². The largest absolute Gasteiger partial charge is 0.400 e. The van der Waals surface area contributed by atoms with Gasteiger partial charge in [-0.05, 0) is 17.7 Å². The highest BCUT2D eigenvalue weighted by atomic mass is 16.5. The number of rotatable bonds is 3. The monoisotopic (exact) mass is 345 g/mol. The highest BCUT2D eigenvalue weighted by Gasteiger charge is 2.25. The molecule has 0 radical (unpaired) electrons. The van der Waals surface area contributed by atoms with Crippen LogP contribution in [0.4, 0.5) is 5.69 Å². The molecule has 0 saturated carbocycles. The van der Waals surface area contributed by atoms with Crippen molar-refractivity contribution in [3.05, 3.63) is 47.9 Å². The Hall–Kier alpha value is -3.20. The van der Waals surface area contributed by atoms with Crippen LogP contribution in [0.3, 0.4) is 0 Å². The van der Waals surface area contributed by atoms with Crippen molar-refractivity contribution in [1.82, 2.24) is 10.1 Å². The Morgan fingerprint density at radius 3 is 2.80 bits per heavy atom. The molecule has 0 aliphatic carbocycles. The molecule has 2 amide bonds. The van der Waals surface area contributed by atoms with E-state index in [1.54, 1.807) is 25.2 Å². The summed E-state index contributed by atoms with van der Waals surface area (Å²) in [4.78, 5) is 29.5. The molecule has 0 fully saturated rings. The van der Waals surface area contributed by atoms with Gasteiger partial charge in [0.15, 0.2) is 11.7 Å². The molecular weight excluding hydrogens is 326 g/mol. The van der Waals surface area contributed by atoms with Gasteiger partial charge in [-0.3, -0.25) is 14.5 Å². The Balaban J connectivity index is 0.00000109. The molecule has 9 heteroatoms. The molecule has 9 nitrogen and oxygen atoms in total. The Labute approximate surface area is 144 Å². The Morgan fingerprint density at radius 2 is 2.16 bits per heavy atom. The molecule has 0 saturated heterocycles. The molecule has 25 heavy (non-hydrogen) atoms. The fraction of sp³-hybridized carbons (Fsp3) is 0.250. The minimum Gasteiger partial charge on any atom is -0.400 e. The number of hydrogen-bond acceptors (Lipinski definition) is 7. The number of carbonyl (C=O) groups excluding carboxylic acids is 2. The van der Waals surface area contributed by atoms with Gasteiger partial charge < -0.3 is 20.7 Å². The van der Waals surface area contributed by atoms with Gasteiger partial charge in [-0.15, -0.1) is 0 Å². The van der Waals surface area contributed by atoms with Crippen LogP contribution >= 0.6 is 0 Å². The first-order valence-electron chi connectivity index (χ1n) is 7.41. The van der Waals surface area contributed by atoms with Gasteiger partial charge in [0.25, 0.3) is 5.91 Å². The lowest BCUT2D eigenvalue weighted by Crippen LogP contribution is -2.42. The molecule has 0 spiro atoms. The van der Waals surface area contributed by atoms with Crippen LogP contribution in [0.2, 0.25) is 0 Å². The van der Waals surface area contributed by atoms with Crippen LogP contribution in [0.1, 0.15) is 28.5 Å². The zero-order valence-corrected chi connectivity index (χ0v) is 13.8. The highest BCUT2D eigenvalue weighted by molar-refractivity contribution is 6.02. The molecule has 2 heterocycles. The molecule has 1 aromatic carbocycles. The molecule has 1 atom stereocenters. The van der Waals surface area contributed by atoms with Crippen LogP contribution in [0.5, 0.6) is 0 Å². The predicted octanol–water partition coefficient (Wildman–Crippen LogP) is 0.753. The fourth-order valence-electron chi connectivity index (χ4n) is 2.26. The van der Waals surface area contributed by atoms with Crippen molar-refractivity contribution in [3.63, 3.8) is 0 Å². The number of nitrogens with zero attached hydrogens (tertiary/aromatic N) is 3. The SMILES string of the molecule is CN1C(=O)CC(c2cccc(NC(=O)c3ccon3)c2)N=C1N.CO. The number of guanidine groups is 1. The highest BCUT2D eigenvalue weighted by Crippen LogP contribution is 2.27. The van der Waals surface area contributed by atoms with Gasteiger partial charge in [-0.1, -0.05) is 17.3 Å². The number of benzene rings is 1. The van der Waals surface area contributed by atoms with E-state index in [2.05, 4.69) is 20.0 Å². The zero-order valence-electron chi connectivity index (χ0n) is 13.8. The maximum Gasteiger partial charge on any atom is 0.277 e. The van der Waals surface area contributed by atoms with Gasteiger partial charge in [0, 0.05) is 25.9 Å². The van der Waals surface area contributed by atoms with E-state index >= 15 is 0 Å². The first-order valence-corrected chi connectivity index (χ1v) is 7.41. The maximum atomic E-state index is 12.0. The lowest BCUT2D eigenvalue weighted by Gasteiger charge is -2.25. The van der Waals surface area contributed by atoms with Crippen LogP contribution in [0.15, 0.2) is 46.1 Å². The first-order chi connectivity index (χ1) is 12.0. The molecule has 1 unspecified atom stereocenters. The smallest absolute Gasteiger partial charge is 0.277 e. The third kappa shape index (κ3) is 4.21. The number of anilines is 1. The molecule has 2 aromatic rings. The van der Waals surface area contributed by atoms with Crippen molar-refractivity contribution in [2.45, 2.75) is 12.5 Å². The number of carbonyl (C=O) groups is 2. The van der Waals surface area contributed by atoms with Gasteiger partial charge in [0.05, 0.1) is 12.5 Å². The number of nitrogens with one attached hydrogen (secondary N) is 1. The number of nitrogens with two attached hydrogens (primary N) is 1. The van der Waals surface area contributed by atoms with Crippen molar-refractivity contribution in [2.24, 2.45) is 10.7 Å². The van der Waals surface area contributed by atoms with Crippen LogP contribution < -0.4 is 11.1 Å². The van der Waals surface area contributed by atoms with E-state index in [0.29, 0.717) is 5.69 Å². The lowest BCUT2D eigenvalue weighted by molar-refractivity contribution is -0.127. The molecule has 1 aliphatic heterocycles. The molecule has 3 rings (SSSR count). The predicted molar refractivity (Wildman–Crippen MR) is 90.8 cm³/mol. The number of aliphatic hydroxyl groups is 1. The lowest BCUT2D eigenvalue weighted by atomic mass is 10.0. The second-order valence-corrected chi connectivity index (χ2v) is 5.12. The van der Waals surface area contributed by atoms with Gasteiger partial charge in [0.2, 0.25) is 5.91 Å². The zero-order chi connectivity index (χ0) is 18.4. The minimum atomic E-state index is -0.377. The molecule has 4 N–H and O–H groups in total. The summed E-state index contributed by atoms with van der Waals surface area (Å²) in [5.41, 5.74) is 7.31. The summed E-state index contributed by atoms with van der Waals surface area (Å²) in [6, 6.07) is 8.24. The first kappa shape index (κ1) is 18.1. The van der Waals surface area contributed by atoms with E-state index in [1.165, 1.54) is 17.2 Å². The third-order valence-corrected chi connectivity index (χ3v) is 3.57. The van der Waals surface area contributed by atoms with Gasteiger partial charge in [-0.2, -0.15) is 0 Å². The van der Waals surface area contributed by atoms with Crippen LogP contribution in [0, 0.1) is 0 Å². The van der Waals surface area contributed by atoms with Crippen LogP contribution in [-0.4, -0.2) is 47.1 Å². The van der Waals surface area contributed by atoms with E-state index < -0.39 is 0 Å². The molecule has 1 aromatic heterocycles. The average molecular weight is 345 g/mol. The quantitative estimate of drug-likeness (QED) is 0.751. The maximum absolute atomic E-state index is 12.0. The Bertz CT molecular complexity index is 773. The standard InChI is InChI=1S/C15H15N5O3.CH4O/c1-20-13(21)8-12(18-15(20)16)9-3-2-4-10(7-9)17-14(22)11-5-6-23-19-11;1-2/h2-7,12H,8H2,1H3,(H2,16,18)(H,17,22);2H,1H3. The summed E-state index contributed by atoms with van der Waals surface area (Å²) in [6.07, 6.45) is 1.56. The van der Waals surface area contributed by atoms with Crippen molar-refractivity contribution < 1.29 is 19.2 Å². The van der Waals surface area contributed by atoms with Crippen molar-refractivity contribution in [1.29, 1.82) is 0 Å². The number of aliphatic imine (C=N–C) groups is 1. The topological polar surface area (TPSA) is 134 Å². The number of aliphatic hydroxyl groups excluding tert-OH is 1. The molecular formula is C16H19N5O4. The fourth-order valence-corrected chi connectivity index (χ4v) is 2.26. The van der Waals surface area contributed by atoms with E-state index in [9.17, 15) is 9.59 Å². The number of hydrogen-bond donors (Lipinski definition) is 3. The van der Waals surface area contributed by atoms with E-state index in [-0.39, 0.29) is 35.9 Å². The third-order valence-electron chi connectivity index (χ3n) is 3.57. The summed E-state index contributed by atoms with van der Waals surface area (Å²) in [5.74, 6) is -0.291. The summed E-state index contributed by atoms with van der Waals surface area (Å²) in [7, 11) is 2.59. The summed E-state index contributed by atoms with van der Waals surface area (Å²) >= 11 is 0. The Kier molecular flexibility index (Phi) is 5.85. The van der Waals surface area contributed by atoms with E-state index in [0.717, 1.165) is 12.7 Å². The average Bonchev–Trinajstić information content (AvgIpc) is 3.16. The Morgan fingerprint density at radius 1 is 1.40 bits per heavy atom. The second kappa shape index (κ2) is 8.06. The van der Waals surface area contributed by atoms with E-state index in [1.807, 2.05) is 6.07 Å². The van der Waals surface area contributed by atoms with Crippen LogP contribution in [-0.2, 0) is 4.79 Å². The van der Waals surface area contributed by atoms with Gasteiger partial charge in [0.1, 0.15) is 6.26 Å². The van der Waals surface area contributed by atoms with Gasteiger partial charge >= 0.3 is 0 Å². The van der Waals surface area contributed by atoms with Gasteiger partial charge in [-0.25, -0.2) is 4.99 Å².